The van der Waals surface area contributed by atoms with Gasteiger partial charge in [0.25, 0.3) is 0 Å². The number of rotatable bonds is 7. The molecule has 0 radical (unpaired) electrons. The van der Waals surface area contributed by atoms with Crippen molar-refractivity contribution >= 4 is 12.4 Å². The van der Waals surface area contributed by atoms with Gasteiger partial charge in [0, 0.05) is 6.42 Å². The van der Waals surface area contributed by atoms with Gasteiger partial charge in [-0.3, -0.25) is 9.59 Å². The largest absolute Gasteiger partial charge is 1.00 e. The fourth-order valence-corrected chi connectivity index (χ4v) is 0.985. The fourth-order valence-electron chi connectivity index (χ4n) is 0.985. The molecule has 0 heterocycles. The zero-order valence-corrected chi connectivity index (χ0v) is 15.8. The predicted octanol–water partition coefficient (Wildman–Crippen LogP) is -3.72. The van der Waals surface area contributed by atoms with Crippen molar-refractivity contribution in [2.24, 2.45) is 0 Å². The van der Waals surface area contributed by atoms with Gasteiger partial charge in [0.1, 0.15) is 0 Å². The number of ether oxygens (including phenoxy) is 1. The molecule has 0 rings (SSSR count). The first-order valence-electron chi connectivity index (χ1n) is 4.44. The first-order chi connectivity index (χ1) is 5.81. The summed E-state index contributed by atoms with van der Waals surface area (Å²) in [7, 11) is 0. The first kappa shape index (κ1) is 21.7. The molecule has 0 fully saturated rings. The summed E-state index contributed by atoms with van der Waals surface area (Å²) in [5.41, 5.74) is 0. The van der Waals surface area contributed by atoms with E-state index >= 15 is 0 Å². The Balaban J connectivity index is -0.000000101. The molecule has 0 N–H and O–H groups in total. The van der Waals surface area contributed by atoms with Crippen molar-refractivity contribution in [3.63, 3.8) is 0 Å². The average Bonchev–Trinajstić information content (AvgIpc) is 2.05. The van der Waals surface area contributed by atoms with Gasteiger partial charge in [-0.25, -0.2) is 0 Å². The third-order valence-corrected chi connectivity index (χ3v) is 1.66. The molecule has 0 amide bonds. The van der Waals surface area contributed by atoms with Crippen LogP contribution in [0.15, 0.2) is 0 Å². The normalized spacial score (nSPS) is 8.07. The van der Waals surface area contributed by atoms with Crippen LogP contribution in [-0.2, 0) is 14.3 Å². The molecule has 74 valence electrons. The van der Waals surface area contributed by atoms with Crippen LogP contribution in [0.25, 0.3) is 0 Å². The van der Waals surface area contributed by atoms with E-state index in [9.17, 15) is 9.59 Å². The van der Waals surface area contributed by atoms with Gasteiger partial charge >= 0.3 is 115 Å². The van der Waals surface area contributed by atoms with Crippen LogP contribution in [0.2, 0.25) is 0 Å². The smallest absolute Gasteiger partial charge is 1.00 e. The number of hydrogen-bond donors (Lipinski definition) is 0. The molecule has 0 spiro atoms. The van der Waals surface area contributed by atoms with E-state index in [2.05, 4.69) is 11.7 Å². The van der Waals surface area contributed by atoms with Gasteiger partial charge in [-0.1, -0.05) is 32.6 Å². The molecular formula is C9H18K2O3. The first-order valence-corrected chi connectivity index (χ1v) is 4.44. The maximum Gasteiger partial charge on any atom is 1.00 e. The Bertz CT molecular complexity index is 149. The number of carbonyl (C=O) groups is 2. The molecule has 0 aromatic heterocycles. The number of unbranched alkanes of at least 4 members (excludes halogenated alkanes) is 4. The molecule has 0 aliphatic heterocycles. The summed E-state index contributed by atoms with van der Waals surface area (Å²) < 4.78 is 4.13. The quantitative estimate of drug-likeness (QED) is 0.154. The molecule has 0 bridgehead atoms. The third-order valence-electron chi connectivity index (χ3n) is 1.66. The Hall–Kier alpha value is 2.41. The van der Waals surface area contributed by atoms with E-state index < -0.39 is 5.97 Å². The Morgan fingerprint density at radius 3 is 2.29 bits per heavy atom. The second-order valence-corrected chi connectivity index (χ2v) is 2.75. The van der Waals surface area contributed by atoms with E-state index in [1.807, 2.05) is 0 Å². The molecule has 0 atom stereocenters. The van der Waals surface area contributed by atoms with Crippen molar-refractivity contribution in [2.75, 3.05) is 0 Å². The molecular weight excluding hydrogens is 234 g/mol. The van der Waals surface area contributed by atoms with Crippen molar-refractivity contribution in [2.45, 2.75) is 45.4 Å². The number of esters is 1. The summed E-state index contributed by atoms with van der Waals surface area (Å²) in [4.78, 5) is 20.3. The van der Waals surface area contributed by atoms with E-state index in [4.69, 9.17) is 0 Å². The Morgan fingerprint density at radius 2 is 1.79 bits per heavy atom. The standard InChI is InChI=1S/C9H16O3.2K.2H/c1-2-3-4-5-6-7-9(11)12-8-10;;;;/h8H,2-7H2,1H3;;;;/q;2*+1;2*-1. The maximum atomic E-state index is 10.6. The number of carbonyl (C=O) groups excluding carboxylic acids is 2. The van der Waals surface area contributed by atoms with Crippen molar-refractivity contribution in [3.05, 3.63) is 0 Å². The molecule has 0 aliphatic rings. The van der Waals surface area contributed by atoms with Crippen LogP contribution in [-0.4, -0.2) is 12.4 Å². The van der Waals surface area contributed by atoms with Crippen LogP contribution < -0.4 is 103 Å². The van der Waals surface area contributed by atoms with E-state index in [1.165, 1.54) is 12.8 Å². The van der Waals surface area contributed by atoms with Crippen molar-refractivity contribution in [3.8, 4) is 0 Å². The van der Waals surface area contributed by atoms with E-state index in [-0.39, 0.29) is 112 Å². The molecule has 0 aromatic rings. The summed E-state index contributed by atoms with van der Waals surface area (Å²) in [6, 6.07) is 0. The summed E-state index contributed by atoms with van der Waals surface area (Å²) in [5.74, 6) is -0.415. The fraction of sp³-hybridized carbons (Fsp3) is 0.778. The molecule has 14 heavy (non-hydrogen) atoms. The number of hydrogen-bond acceptors (Lipinski definition) is 3. The van der Waals surface area contributed by atoms with Gasteiger partial charge in [0.05, 0.1) is 0 Å². The van der Waals surface area contributed by atoms with E-state index in [0.717, 1.165) is 19.3 Å². The van der Waals surface area contributed by atoms with Crippen molar-refractivity contribution in [1.82, 2.24) is 0 Å². The van der Waals surface area contributed by atoms with Gasteiger partial charge in [0.2, 0.25) is 0 Å². The zero-order valence-electron chi connectivity index (χ0n) is 11.5. The van der Waals surface area contributed by atoms with Crippen LogP contribution >= 0.6 is 0 Å². The molecule has 0 aliphatic carbocycles. The van der Waals surface area contributed by atoms with Gasteiger partial charge in [-0.05, 0) is 6.42 Å². The van der Waals surface area contributed by atoms with Crippen LogP contribution in [0.5, 0.6) is 0 Å². The second-order valence-electron chi connectivity index (χ2n) is 2.75. The third kappa shape index (κ3) is 16.8. The monoisotopic (exact) mass is 252 g/mol. The molecule has 0 aromatic carbocycles. The van der Waals surface area contributed by atoms with Crippen LogP contribution in [0.1, 0.15) is 48.3 Å². The van der Waals surface area contributed by atoms with Crippen LogP contribution in [0, 0.1) is 0 Å². The van der Waals surface area contributed by atoms with Gasteiger partial charge in [0.15, 0.2) is 0 Å². The van der Waals surface area contributed by atoms with Crippen LogP contribution in [0.3, 0.4) is 0 Å². The topological polar surface area (TPSA) is 43.4 Å². The Labute approximate surface area is 174 Å². The van der Waals surface area contributed by atoms with E-state index in [1.54, 1.807) is 0 Å². The van der Waals surface area contributed by atoms with Crippen molar-refractivity contribution < 1.29 is 120 Å². The maximum absolute atomic E-state index is 10.6. The van der Waals surface area contributed by atoms with Crippen molar-refractivity contribution in [1.29, 1.82) is 0 Å². The summed E-state index contributed by atoms with van der Waals surface area (Å²) in [5, 5.41) is 0. The van der Waals surface area contributed by atoms with Crippen LogP contribution in [0.4, 0.5) is 0 Å². The van der Waals surface area contributed by atoms with Gasteiger partial charge in [-0.2, -0.15) is 0 Å². The van der Waals surface area contributed by atoms with E-state index in [0.29, 0.717) is 6.42 Å². The summed E-state index contributed by atoms with van der Waals surface area (Å²) in [6.07, 6.45) is 5.79. The molecule has 0 unspecified atom stereocenters. The second kappa shape index (κ2) is 17.8. The molecule has 3 nitrogen and oxygen atoms in total. The minimum Gasteiger partial charge on any atom is -1.00 e. The average molecular weight is 252 g/mol. The predicted molar refractivity (Wildman–Crippen MR) is 47.8 cm³/mol. The molecule has 0 saturated heterocycles. The Kier molecular flexibility index (Phi) is 27.5. The van der Waals surface area contributed by atoms with Gasteiger partial charge in [-0.15, -0.1) is 0 Å². The minimum absolute atomic E-state index is 0. The SMILES string of the molecule is CCCCCCCC(=O)OC=O.[H-].[H-].[K+].[K+]. The Morgan fingerprint density at radius 1 is 1.21 bits per heavy atom. The van der Waals surface area contributed by atoms with Gasteiger partial charge < -0.3 is 7.59 Å². The summed E-state index contributed by atoms with van der Waals surface area (Å²) in [6.45, 7) is 2.33. The molecule has 0 saturated carbocycles. The molecule has 5 heteroatoms. The summed E-state index contributed by atoms with van der Waals surface area (Å²) >= 11 is 0. The zero-order chi connectivity index (χ0) is 9.23. The minimum atomic E-state index is -0.415.